The zero-order chi connectivity index (χ0) is 11.8. The molecule has 0 bridgehead atoms. The molecule has 0 aliphatic carbocycles. The second-order valence-electron chi connectivity index (χ2n) is 3.64. The molecule has 0 atom stereocenters. The van der Waals surface area contributed by atoms with Gasteiger partial charge in [0, 0.05) is 25.9 Å². The molecular formula is C11H20N4O. The van der Waals surface area contributed by atoms with E-state index in [1.54, 1.807) is 0 Å². The van der Waals surface area contributed by atoms with Crippen LogP contribution in [0.2, 0.25) is 0 Å². The number of rotatable bonds is 7. The van der Waals surface area contributed by atoms with Gasteiger partial charge in [-0.25, -0.2) is 10.8 Å². The lowest BCUT2D eigenvalue weighted by Gasteiger charge is -2.19. The number of nitrogen functional groups attached to an aromatic ring is 1. The van der Waals surface area contributed by atoms with E-state index in [4.69, 9.17) is 10.9 Å². The minimum absolute atomic E-state index is 0.241. The van der Waals surface area contributed by atoms with Crippen LogP contribution in [0.25, 0.3) is 0 Å². The quantitative estimate of drug-likeness (QED) is 0.466. The lowest BCUT2D eigenvalue weighted by molar-refractivity contribution is 0.225. The summed E-state index contributed by atoms with van der Waals surface area (Å²) in [6.45, 7) is 5.08. The Bertz CT molecular complexity index is 289. The van der Waals surface area contributed by atoms with E-state index in [0.717, 1.165) is 31.6 Å². The van der Waals surface area contributed by atoms with Crippen LogP contribution in [-0.2, 0) is 6.54 Å². The highest BCUT2D eigenvalue weighted by atomic mass is 16.3. The number of nitrogens with two attached hydrogens (primary N) is 1. The van der Waals surface area contributed by atoms with E-state index < -0.39 is 0 Å². The standard InChI is InChI=1S/C11H20N4O/c1-2-15(6-3-7-16)9-10-4-5-11(14-12)13-8-10/h4-5,8,16H,2-3,6-7,9,12H2,1H3,(H,13,14). The highest BCUT2D eigenvalue weighted by Crippen LogP contribution is 2.07. The fourth-order valence-corrected chi connectivity index (χ4v) is 1.50. The fourth-order valence-electron chi connectivity index (χ4n) is 1.50. The van der Waals surface area contributed by atoms with Gasteiger partial charge >= 0.3 is 0 Å². The van der Waals surface area contributed by atoms with Gasteiger partial charge in [-0.15, -0.1) is 0 Å². The maximum atomic E-state index is 8.78. The second-order valence-corrected chi connectivity index (χ2v) is 3.64. The molecule has 1 heterocycles. The summed E-state index contributed by atoms with van der Waals surface area (Å²) in [4.78, 5) is 6.42. The number of nitrogens with zero attached hydrogens (tertiary/aromatic N) is 2. The summed E-state index contributed by atoms with van der Waals surface area (Å²) in [5.74, 6) is 5.91. The first kappa shape index (κ1) is 12.9. The van der Waals surface area contributed by atoms with Gasteiger partial charge in [-0.2, -0.15) is 0 Å². The normalized spacial score (nSPS) is 10.8. The highest BCUT2D eigenvalue weighted by Gasteiger charge is 2.03. The number of aliphatic hydroxyl groups is 1. The Hall–Kier alpha value is -1.17. The predicted octanol–water partition coefficient (Wildman–Crippen LogP) is 0.571. The zero-order valence-corrected chi connectivity index (χ0v) is 9.69. The zero-order valence-electron chi connectivity index (χ0n) is 9.69. The first-order valence-electron chi connectivity index (χ1n) is 5.55. The van der Waals surface area contributed by atoms with Gasteiger partial charge in [0.05, 0.1) is 0 Å². The van der Waals surface area contributed by atoms with Crippen molar-refractivity contribution in [1.82, 2.24) is 9.88 Å². The van der Waals surface area contributed by atoms with Crippen molar-refractivity contribution in [3.05, 3.63) is 23.9 Å². The first-order valence-corrected chi connectivity index (χ1v) is 5.55. The van der Waals surface area contributed by atoms with Crippen LogP contribution in [-0.4, -0.2) is 34.7 Å². The Morgan fingerprint density at radius 1 is 1.50 bits per heavy atom. The molecule has 0 spiro atoms. The maximum absolute atomic E-state index is 8.78. The molecule has 5 heteroatoms. The van der Waals surface area contributed by atoms with Crippen LogP contribution in [0, 0.1) is 0 Å². The van der Waals surface area contributed by atoms with Crippen molar-refractivity contribution in [2.75, 3.05) is 25.1 Å². The van der Waals surface area contributed by atoms with Crippen molar-refractivity contribution in [1.29, 1.82) is 0 Å². The summed E-state index contributed by atoms with van der Waals surface area (Å²) < 4.78 is 0. The van der Waals surface area contributed by atoms with Crippen LogP contribution in [0.15, 0.2) is 18.3 Å². The number of hydrogen-bond donors (Lipinski definition) is 3. The monoisotopic (exact) mass is 224 g/mol. The van der Waals surface area contributed by atoms with Gasteiger partial charge in [-0.3, -0.25) is 4.90 Å². The van der Waals surface area contributed by atoms with E-state index in [1.165, 1.54) is 0 Å². The maximum Gasteiger partial charge on any atom is 0.139 e. The molecule has 1 rings (SSSR count). The number of aliphatic hydroxyl groups excluding tert-OH is 1. The molecule has 0 saturated heterocycles. The van der Waals surface area contributed by atoms with Crippen molar-refractivity contribution >= 4 is 5.82 Å². The number of nitrogens with one attached hydrogen (secondary N) is 1. The van der Waals surface area contributed by atoms with E-state index in [9.17, 15) is 0 Å². The molecule has 0 unspecified atom stereocenters. The third-order valence-electron chi connectivity index (χ3n) is 2.46. The average Bonchev–Trinajstić information content (AvgIpc) is 2.35. The minimum Gasteiger partial charge on any atom is -0.396 e. The summed E-state index contributed by atoms with van der Waals surface area (Å²) in [6.07, 6.45) is 2.63. The molecule has 0 radical (unpaired) electrons. The van der Waals surface area contributed by atoms with E-state index in [0.29, 0.717) is 5.82 Å². The fraction of sp³-hybridized carbons (Fsp3) is 0.545. The average molecular weight is 224 g/mol. The van der Waals surface area contributed by atoms with Gasteiger partial charge in [0.15, 0.2) is 0 Å². The number of pyridine rings is 1. The van der Waals surface area contributed by atoms with Crippen LogP contribution in [0.4, 0.5) is 5.82 Å². The Labute approximate surface area is 96.3 Å². The van der Waals surface area contributed by atoms with Gasteiger partial charge in [-0.1, -0.05) is 13.0 Å². The van der Waals surface area contributed by atoms with Gasteiger partial charge in [0.25, 0.3) is 0 Å². The minimum atomic E-state index is 0.241. The lowest BCUT2D eigenvalue weighted by Crippen LogP contribution is -2.24. The molecule has 0 aliphatic rings. The van der Waals surface area contributed by atoms with E-state index >= 15 is 0 Å². The van der Waals surface area contributed by atoms with Crippen LogP contribution in [0.3, 0.4) is 0 Å². The van der Waals surface area contributed by atoms with Crippen molar-refractivity contribution in [3.8, 4) is 0 Å². The summed E-state index contributed by atoms with van der Waals surface area (Å²) in [7, 11) is 0. The summed E-state index contributed by atoms with van der Waals surface area (Å²) >= 11 is 0. The highest BCUT2D eigenvalue weighted by molar-refractivity contribution is 5.33. The SMILES string of the molecule is CCN(CCCO)Cc1ccc(NN)nc1. The molecule has 90 valence electrons. The van der Waals surface area contributed by atoms with Gasteiger partial charge in [-0.05, 0) is 24.6 Å². The predicted molar refractivity (Wildman–Crippen MR) is 64.7 cm³/mol. The van der Waals surface area contributed by atoms with Gasteiger partial charge in [0.1, 0.15) is 5.82 Å². The van der Waals surface area contributed by atoms with Crippen LogP contribution in [0.1, 0.15) is 18.9 Å². The number of anilines is 1. The molecule has 16 heavy (non-hydrogen) atoms. The molecule has 0 aliphatic heterocycles. The smallest absolute Gasteiger partial charge is 0.139 e. The summed E-state index contributed by atoms with van der Waals surface area (Å²) in [5, 5.41) is 8.78. The summed E-state index contributed by atoms with van der Waals surface area (Å²) in [6, 6.07) is 3.86. The Morgan fingerprint density at radius 3 is 2.81 bits per heavy atom. The van der Waals surface area contributed by atoms with Crippen molar-refractivity contribution in [3.63, 3.8) is 0 Å². The van der Waals surface area contributed by atoms with Crippen molar-refractivity contribution < 1.29 is 5.11 Å². The first-order chi connectivity index (χ1) is 7.80. The summed E-state index contributed by atoms with van der Waals surface area (Å²) in [5.41, 5.74) is 3.65. The number of hydrazine groups is 1. The Morgan fingerprint density at radius 2 is 2.31 bits per heavy atom. The molecule has 0 aromatic carbocycles. The molecule has 1 aromatic heterocycles. The topological polar surface area (TPSA) is 74.4 Å². The third-order valence-corrected chi connectivity index (χ3v) is 2.46. The van der Waals surface area contributed by atoms with Crippen LogP contribution < -0.4 is 11.3 Å². The number of hydrogen-bond acceptors (Lipinski definition) is 5. The van der Waals surface area contributed by atoms with Gasteiger partial charge in [0.2, 0.25) is 0 Å². The number of aromatic nitrogens is 1. The second kappa shape index (κ2) is 7.16. The molecule has 0 fully saturated rings. The Balaban J connectivity index is 2.49. The Kier molecular flexibility index (Phi) is 5.77. The van der Waals surface area contributed by atoms with Crippen molar-refractivity contribution in [2.45, 2.75) is 19.9 Å². The van der Waals surface area contributed by atoms with E-state index in [2.05, 4.69) is 22.2 Å². The van der Waals surface area contributed by atoms with Crippen molar-refractivity contribution in [2.24, 2.45) is 5.84 Å². The molecular weight excluding hydrogens is 204 g/mol. The van der Waals surface area contributed by atoms with Crippen LogP contribution >= 0.6 is 0 Å². The molecule has 1 aromatic rings. The lowest BCUT2D eigenvalue weighted by atomic mass is 10.2. The molecule has 4 N–H and O–H groups in total. The van der Waals surface area contributed by atoms with E-state index in [-0.39, 0.29) is 6.61 Å². The third kappa shape index (κ3) is 4.14. The van der Waals surface area contributed by atoms with Gasteiger partial charge < -0.3 is 10.5 Å². The van der Waals surface area contributed by atoms with E-state index in [1.807, 2.05) is 18.3 Å². The molecule has 0 amide bonds. The molecule has 5 nitrogen and oxygen atoms in total. The molecule has 0 saturated carbocycles. The largest absolute Gasteiger partial charge is 0.396 e. The van der Waals surface area contributed by atoms with Crippen LogP contribution in [0.5, 0.6) is 0 Å².